The van der Waals surface area contributed by atoms with Crippen molar-refractivity contribution in [3.05, 3.63) is 29.8 Å². The van der Waals surface area contributed by atoms with E-state index in [0.29, 0.717) is 0 Å². The van der Waals surface area contributed by atoms with E-state index in [1.807, 2.05) is 12.1 Å². The zero-order valence-electron chi connectivity index (χ0n) is 11.5. The van der Waals surface area contributed by atoms with Gasteiger partial charge in [0.1, 0.15) is 0 Å². The first kappa shape index (κ1) is 14.6. The standard InChI is InChI=1S/C16H22BrNO/c1-16(10-3-2-4-11-16)15(19)18-14-7-5-13(6-8-14)9-12-17/h5-8H,2-4,9-12H2,1H3,(H,18,19). The average molecular weight is 324 g/mol. The van der Waals surface area contributed by atoms with Crippen LogP contribution in [0.4, 0.5) is 5.69 Å². The van der Waals surface area contributed by atoms with Crippen molar-refractivity contribution < 1.29 is 4.79 Å². The van der Waals surface area contributed by atoms with Crippen molar-refractivity contribution in [1.82, 2.24) is 0 Å². The number of hydrogen-bond acceptors (Lipinski definition) is 1. The second-order valence-corrected chi connectivity index (χ2v) is 6.50. The van der Waals surface area contributed by atoms with Gasteiger partial charge in [-0.25, -0.2) is 0 Å². The van der Waals surface area contributed by atoms with Gasteiger partial charge >= 0.3 is 0 Å². The summed E-state index contributed by atoms with van der Waals surface area (Å²) in [6.07, 6.45) is 6.67. The van der Waals surface area contributed by atoms with Gasteiger partial charge in [0, 0.05) is 16.4 Å². The van der Waals surface area contributed by atoms with Gasteiger partial charge in [-0.05, 0) is 37.0 Å². The minimum atomic E-state index is -0.174. The number of rotatable bonds is 4. The third-order valence-corrected chi connectivity index (χ3v) is 4.50. The molecule has 1 saturated carbocycles. The fraction of sp³-hybridized carbons (Fsp3) is 0.562. The molecule has 0 aromatic heterocycles. The second kappa shape index (κ2) is 6.56. The molecule has 2 nitrogen and oxygen atoms in total. The van der Waals surface area contributed by atoms with Crippen molar-refractivity contribution in [3.8, 4) is 0 Å². The molecule has 0 saturated heterocycles. The highest BCUT2D eigenvalue weighted by Gasteiger charge is 2.34. The molecule has 19 heavy (non-hydrogen) atoms. The number of halogens is 1. The van der Waals surface area contributed by atoms with Crippen LogP contribution in [0, 0.1) is 5.41 Å². The lowest BCUT2D eigenvalue weighted by Crippen LogP contribution is -2.35. The van der Waals surface area contributed by atoms with E-state index in [4.69, 9.17) is 0 Å². The average Bonchev–Trinajstić information content (AvgIpc) is 2.42. The first-order chi connectivity index (χ1) is 9.14. The van der Waals surface area contributed by atoms with Crippen LogP contribution in [-0.4, -0.2) is 11.2 Å². The maximum atomic E-state index is 12.4. The van der Waals surface area contributed by atoms with Gasteiger partial charge in [-0.1, -0.05) is 54.2 Å². The Bertz CT molecular complexity index is 421. The van der Waals surface area contributed by atoms with Gasteiger partial charge < -0.3 is 5.32 Å². The lowest BCUT2D eigenvalue weighted by atomic mass is 9.75. The predicted octanol–water partition coefficient (Wildman–Crippen LogP) is 4.53. The van der Waals surface area contributed by atoms with Gasteiger partial charge in [0.05, 0.1) is 0 Å². The van der Waals surface area contributed by atoms with Crippen molar-refractivity contribution in [1.29, 1.82) is 0 Å². The van der Waals surface area contributed by atoms with Crippen LogP contribution in [0.3, 0.4) is 0 Å². The summed E-state index contributed by atoms with van der Waals surface area (Å²) in [5.74, 6) is 0.181. The topological polar surface area (TPSA) is 29.1 Å². The largest absolute Gasteiger partial charge is 0.326 e. The van der Waals surface area contributed by atoms with Crippen molar-refractivity contribution in [2.75, 3.05) is 10.6 Å². The molecule has 104 valence electrons. The molecule has 0 spiro atoms. The Kier molecular flexibility index (Phi) is 5.03. The Morgan fingerprint density at radius 2 is 1.84 bits per heavy atom. The summed E-state index contributed by atoms with van der Waals surface area (Å²) >= 11 is 3.43. The van der Waals surface area contributed by atoms with Crippen LogP contribution >= 0.6 is 15.9 Å². The quantitative estimate of drug-likeness (QED) is 0.810. The van der Waals surface area contributed by atoms with Crippen LogP contribution in [0.5, 0.6) is 0 Å². The number of benzene rings is 1. The summed E-state index contributed by atoms with van der Waals surface area (Å²) in [5, 5.41) is 4.04. The molecule has 0 radical (unpaired) electrons. The van der Waals surface area contributed by atoms with Crippen molar-refractivity contribution in [2.24, 2.45) is 5.41 Å². The second-order valence-electron chi connectivity index (χ2n) is 5.71. The maximum Gasteiger partial charge on any atom is 0.230 e. The number of amides is 1. The zero-order chi connectivity index (χ0) is 13.7. The molecule has 1 aromatic rings. The van der Waals surface area contributed by atoms with Gasteiger partial charge in [-0.3, -0.25) is 4.79 Å². The summed E-state index contributed by atoms with van der Waals surface area (Å²) in [6, 6.07) is 8.17. The predicted molar refractivity (Wildman–Crippen MR) is 83.8 cm³/mol. The first-order valence-corrected chi connectivity index (χ1v) is 8.22. The van der Waals surface area contributed by atoms with E-state index in [9.17, 15) is 4.79 Å². The molecule has 0 bridgehead atoms. The number of hydrogen-bond donors (Lipinski definition) is 1. The molecule has 3 heteroatoms. The van der Waals surface area contributed by atoms with E-state index in [1.165, 1.54) is 24.8 Å². The fourth-order valence-electron chi connectivity index (χ4n) is 2.71. The van der Waals surface area contributed by atoms with E-state index < -0.39 is 0 Å². The van der Waals surface area contributed by atoms with Crippen LogP contribution in [-0.2, 0) is 11.2 Å². The molecule has 1 aliphatic carbocycles. The molecule has 2 rings (SSSR count). The van der Waals surface area contributed by atoms with Crippen LogP contribution in [0.2, 0.25) is 0 Å². The molecule has 1 fully saturated rings. The summed E-state index contributed by atoms with van der Waals surface area (Å²) in [4.78, 5) is 12.4. The van der Waals surface area contributed by atoms with E-state index >= 15 is 0 Å². The fourth-order valence-corrected chi connectivity index (χ4v) is 3.16. The van der Waals surface area contributed by atoms with Crippen LogP contribution in [0.15, 0.2) is 24.3 Å². The van der Waals surface area contributed by atoms with Crippen molar-refractivity contribution in [3.63, 3.8) is 0 Å². The number of carbonyl (C=O) groups is 1. The van der Waals surface area contributed by atoms with E-state index in [1.54, 1.807) is 0 Å². The smallest absolute Gasteiger partial charge is 0.230 e. The van der Waals surface area contributed by atoms with Gasteiger partial charge in [-0.2, -0.15) is 0 Å². The highest BCUT2D eigenvalue weighted by Crippen LogP contribution is 2.36. The minimum absolute atomic E-state index is 0.174. The molecule has 0 heterocycles. The van der Waals surface area contributed by atoms with Gasteiger partial charge in [0.15, 0.2) is 0 Å². The van der Waals surface area contributed by atoms with Gasteiger partial charge in [0.2, 0.25) is 5.91 Å². The highest BCUT2D eigenvalue weighted by molar-refractivity contribution is 9.09. The monoisotopic (exact) mass is 323 g/mol. The summed E-state index contributed by atoms with van der Waals surface area (Å²) < 4.78 is 0. The molecule has 0 unspecified atom stereocenters. The Balaban J connectivity index is 1.98. The molecular weight excluding hydrogens is 302 g/mol. The molecule has 0 aliphatic heterocycles. The summed E-state index contributed by atoms with van der Waals surface area (Å²) in [7, 11) is 0. The molecule has 1 amide bonds. The highest BCUT2D eigenvalue weighted by atomic mass is 79.9. The Hall–Kier alpha value is -0.830. The molecule has 0 atom stereocenters. The minimum Gasteiger partial charge on any atom is -0.326 e. The van der Waals surface area contributed by atoms with E-state index in [-0.39, 0.29) is 11.3 Å². The number of anilines is 1. The molecular formula is C16H22BrNO. The lowest BCUT2D eigenvalue weighted by molar-refractivity contribution is -0.126. The van der Waals surface area contributed by atoms with Crippen LogP contribution < -0.4 is 5.32 Å². The normalized spacial score (nSPS) is 18.0. The van der Waals surface area contributed by atoms with Gasteiger partial charge in [0.25, 0.3) is 0 Å². The van der Waals surface area contributed by atoms with Crippen molar-refractivity contribution >= 4 is 27.5 Å². The first-order valence-electron chi connectivity index (χ1n) is 7.10. The Labute approximate surface area is 124 Å². The Morgan fingerprint density at radius 1 is 1.21 bits per heavy atom. The number of aryl methyl sites for hydroxylation is 1. The summed E-state index contributed by atoms with van der Waals surface area (Å²) in [5.41, 5.74) is 2.03. The molecule has 1 N–H and O–H groups in total. The third-order valence-electron chi connectivity index (χ3n) is 4.10. The Morgan fingerprint density at radius 3 is 2.42 bits per heavy atom. The zero-order valence-corrected chi connectivity index (χ0v) is 13.1. The number of carbonyl (C=O) groups excluding carboxylic acids is 1. The van der Waals surface area contributed by atoms with Crippen LogP contribution in [0.1, 0.15) is 44.6 Å². The van der Waals surface area contributed by atoms with Gasteiger partial charge in [-0.15, -0.1) is 0 Å². The van der Waals surface area contributed by atoms with Crippen molar-refractivity contribution in [2.45, 2.75) is 45.4 Å². The lowest BCUT2D eigenvalue weighted by Gasteiger charge is -2.32. The third kappa shape index (κ3) is 3.82. The summed E-state index contributed by atoms with van der Waals surface area (Å²) in [6.45, 7) is 2.10. The molecule has 1 aromatic carbocycles. The van der Waals surface area contributed by atoms with Crippen LogP contribution in [0.25, 0.3) is 0 Å². The van der Waals surface area contributed by atoms with E-state index in [0.717, 1.165) is 30.3 Å². The number of nitrogens with one attached hydrogen (secondary N) is 1. The SMILES string of the molecule is CC1(C(=O)Nc2ccc(CCBr)cc2)CCCCC1. The van der Waals surface area contributed by atoms with E-state index in [2.05, 4.69) is 40.3 Å². The maximum absolute atomic E-state index is 12.4. The molecule has 1 aliphatic rings. The number of alkyl halides is 1.